The Bertz CT molecular complexity index is 400. The molecular formula is C10H10N2OS. The highest BCUT2D eigenvalue weighted by molar-refractivity contribution is 7.13. The van der Waals surface area contributed by atoms with Gasteiger partial charge in [-0.05, 0) is 13.0 Å². The topological polar surface area (TPSA) is 35.0 Å². The summed E-state index contributed by atoms with van der Waals surface area (Å²) in [6.07, 6.45) is 1.77. The zero-order valence-corrected chi connectivity index (χ0v) is 8.62. The summed E-state index contributed by atoms with van der Waals surface area (Å²) in [6.45, 7) is 2.58. The molecule has 0 saturated carbocycles. The van der Waals surface area contributed by atoms with Crippen LogP contribution in [0.3, 0.4) is 0 Å². The molecule has 2 aromatic rings. The van der Waals surface area contributed by atoms with Crippen molar-refractivity contribution in [1.29, 1.82) is 0 Å². The van der Waals surface area contributed by atoms with Crippen LogP contribution < -0.4 is 4.74 Å². The highest BCUT2D eigenvalue weighted by Crippen LogP contribution is 2.21. The van der Waals surface area contributed by atoms with Crippen molar-refractivity contribution in [1.82, 2.24) is 9.97 Å². The lowest BCUT2D eigenvalue weighted by molar-refractivity contribution is 0.327. The van der Waals surface area contributed by atoms with Crippen molar-refractivity contribution in [2.75, 3.05) is 6.61 Å². The van der Waals surface area contributed by atoms with Crippen LogP contribution in [-0.4, -0.2) is 16.6 Å². The van der Waals surface area contributed by atoms with E-state index in [0.29, 0.717) is 12.5 Å². The van der Waals surface area contributed by atoms with Crippen molar-refractivity contribution in [3.63, 3.8) is 0 Å². The number of nitrogens with zero attached hydrogens (tertiary/aromatic N) is 2. The van der Waals surface area contributed by atoms with Crippen LogP contribution in [0, 0.1) is 0 Å². The van der Waals surface area contributed by atoms with Crippen LogP contribution >= 0.6 is 11.3 Å². The van der Waals surface area contributed by atoms with Gasteiger partial charge in [-0.3, -0.25) is 0 Å². The van der Waals surface area contributed by atoms with E-state index in [1.807, 2.05) is 30.5 Å². The van der Waals surface area contributed by atoms with Crippen molar-refractivity contribution in [2.45, 2.75) is 6.92 Å². The van der Waals surface area contributed by atoms with Gasteiger partial charge in [-0.2, -0.15) is 0 Å². The molecule has 0 unspecified atom stereocenters. The van der Waals surface area contributed by atoms with E-state index >= 15 is 0 Å². The molecule has 0 atom stereocenters. The second-order valence-electron chi connectivity index (χ2n) is 2.63. The van der Waals surface area contributed by atoms with E-state index in [1.54, 1.807) is 17.5 Å². The third-order valence-corrected chi connectivity index (χ3v) is 2.46. The van der Waals surface area contributed by atoms with E-state index in [0.717, 1.165) is 10.7 Å². The number of thiazole rings is 1. The number of hydrogen-bond donors (Lipinski definition) is 0. The lowest BCUT2D eigenvalue weighted by Gasteiger charge is -2.02. The predicted molar refractivity (Wildman–Crippen MR) is 56.5 cm³/mol. The van der Waals surface area contributed by atoms with Crippen molar-refractivity contribution >= 4 is 11.3 Å². The van der Waals surface area contributed by atoms with Crippen LogP contribution in [0.25, 0.3) is 10.7 Å². The summed E-state index contributed by atoms with van der Waals surface area (Å²) in [5.41, 5.74) is 0.867. The van der Waals surface area contributed by atoms with E-state index < -0.39 is 0 Å². The Labute approximate surface area is 86.4 Å². The van der Waals surface area contributed by atoms with E-state index in [2.05, 4.69) is 9.97 Å². The molecule has 0 N–H and O–H groups in total. The van der Waals surface area contributed by atoms with Crippen LogP contribution in [-0.2, 0) is 0 Å². The second-order valence-corrected chi connectivity index (χ2v) is 3.53. The number of aromatic nitrogens is 2. The summed E-state index contributed by atoms with van der Waals surface area (Å²) >= 11 is 1.57. The highest BCUT2D eigenvalue weighted by atomic mass is 32.1. The number of ether oxygens (including phenoxy) is 1. The number of pyridine rings is 1. The Morgan fingerprint density at radius 1 is 1.43 bits per heavy atom. The molecule has 0 aliphatic heterocycles. The van der Waals surface area contributed by atoms with Crippen LogP contribution in [0.2, 0.25) is 0 Å². The summed E-state index contributed by atoms with van der Waals surface area (Å²) in [5.74, 6) is 0.653. The van der Waals surface area contributed by atoms with Gasteiger partial charge < -0.3 is 4.74 Å². The molecule has 0 bridgehead atoms. The van der Waals surface area contributed by atoms with Crippen LogP contribution in [0.1, 0.15) is 6.92 Å². The molecule has 0 amide bonds. The lowest BCUT2D eigenvalue weighted by Crippen LogP contribution is -1.94. The predicted octanol–water partition coefficient (Wildman–Crippen LogP) is 2.60. The molecule has 14 heavy (non-hydrogen) atoms. The molecule has 0 aliphatic carbocycles. The van der Waals surface area contributed by atoms with Crippen molar-refractivity contribution in [3.8, 4) is 16.6 Å². The fourth-order valence-electron chi connectivity index (χ4n) is 1.11. The SMILES string of the molecule is CCOc1cccc(-c2nccs2)n1. The third-order valence-electron chi connectivity index (χ3n) is 1.67. The van der Waals surface area contributed by atoms with E-state index in [9.17, 15) is 0 Å². The molecule has 0 aliphatic rings. The monoisotopic (exact) mass is 206 g/mol. The standard InChI is InChI=1S/C10H10N2OS/c1-2-13-9-5-3-4-8(12-9)10-11-6-7-14-10/h3-7H,2H2,1H3. The van der Waals surface area contributed by atoms with Gasteiger partial charge in [0.05, 0.1) is 6.61 Å². The molecule has 0 fully saturated rings. The van der Waals surface area contributed by atoms with Gasteiger partial charge in [-0.25, -0.2) is 9.97 Å². The Kier molecular flexibility index (Phi) is 2.74. The summed E-state index contributed by atoms with van der Waals surface area (Å²) in [7, 11) is 0. The number of rotatable bonds is 3. The molecule has 3 nitrogen and oxygen atoms in total. The normalized spacial score (nSPS) is 10.1. The molecule has 0 aromatic carbocycles. The van der Waals surface area contributed by atoms with Crippen molar-refractivity contribution in [2.24, 2.45) is 0 Å². The van der Waals surface area contributed by atoms with Gasteiger partial charge in [0.25, 0.3) is 0 Å². The number of hydrogen-bond acceptors (Lipinski definition) is 4. The van der Waals surface area contributed by atoms with Crippen molar-refractivity contribution < 1.29 is 4.74 Å². The Balaban J connectivity index is 2.31. The zero-order valence-electron chi connectivity index (χ0n) is 7.80. The summed E-state index contributed by atoms with van der Waals surface area (Å²) in [4.78, 5) is 8.52. The molecule has 4 heteroatoms. The lowest BCUT2D eigenvalue weighted by atomic mass is 10.3. The average molecular weight is 206 g/mol. The Hall–Kier alpha value is -1.42. The quantitative estimate of drug-likeness (QED) is 0.774. The first-order chi connectivity index (χ1) is 6.90. The minimum absolute atomic E-state index is 0.633. The fraction of sp³-hybridized carbons (Fsp3) is 0.200. The smallest absolute Gasteiger partial charge is 0.213 e. The maximum absolute atomic E-state index is 5.31. The van der Waals surface area contributed by atoms with E-state index in [1.165, 1.54) is 0 Å². The maximum atomic E-state index is 5.31. The minimum Gasteiger partial charge on any atom is -0.478 e. The van der Waals surface area contributed by atoms with Gasteiger partial charge in [0.2, 0.25) is 5.88 Å². The molecule has 2 rings (SSSR count). The van der Waals surface area contributed by atoms with Gasteiger partial charge in [-0.1, -0.05) is 6.07 Å². The molecule has 0 saturated heterocycles. The molecule has 72 valence electrons. The maximum Gasteiger partial charge on any atom is 0.213 e. The Morgan fingerprint density at radius 3 is 3.07 bits per heavy atom. The van der Waals surface area contributed by atoms with Gasteiger partial charge in [0.15, 0.2) is 0 Å². The first kappa shape index (κ1) is 9.15. The minimum atomic E-state index is 0.633. The van der Waals surface area contributed by atoms with Crippen molar-refractivity contribution in [3.05, 3.63) is 29.8 Å². The third kappa shape index (κ3) is 1.90. The molecular weight excluding hydrogens is 196 g/mol. The van der Waals surface area contributed by atoms with Crippen LogP contribution in [0.15, 0.2) is 29.8 Å². The second kappa shape index (κ2) is 4.19. The summed E-state index contributed by atoms with van der Waals surface area (Å²) in [5, 5.41) is 2.86. The summed E-state index contributed by atoms with van der Waals surface area (Å²) in [6, 6.07) is 5.71. The van der Waals surface area contributed by atoms with Crippen LogP contribution in [0.4, 0.5) is 0 Å². The van der Waals surface area contributed by atoms with Gasteiger partial charge >= 0.3 is 0 Å². The molecule has 0 radical (unpaired) electrons. The van der Waals surface area contributed by atoms with E-state index in [-0.39, 0.29) is 0 Å². The first-order valence-electron chi connectivity index (χ1n) is 4.40. The van der Waals surface area contributed by atoms with E-state index in [4.69, 9.17) is 4.74 Å². The first-order valence-corrected chi connectivity index (χ1v) is 5.28. The molecule has 2 heterocycles. The molecule has 0 spiro atoms. The largest absolute Gasteiger partial charge is 0.478 e. The van der Waals surface area contributed by atoms with Crippen LogP contribution in [0.5, 0.6) is 5.88 Å². The van der Waals surface area contributed by atoms with Gasteiger partial charge in [0, 0.05) is 17.6 Å². The summed E-state index contributed by atoms with van der Waals surface area (Å²) < 4.78 is 5.31. The molecule has 2 aromatic heterocycles. The highest BCUT2D eigenvalue weighted by Gasteiger charge is 2.02. The Morgan fingerprint density at radius 2 is 2.36 bits per heavy atom. The zero-order chi connectivity index (χ0) is 9.80. The average Bonchev–Trinajstić information content (AvgIpc) is 2.71. The van der Waals surface area contributed by atoms with Gasteiger partial charge in [-0.15, -0.1) is 11.3 Å². The van der Waals surface area contributed by atoms with Gasteiger partial charge in [0.1, 0.15) is 10.7 Å². The fourth-order valence-corrected chi connectivity index (χ4v) is 1.72.